The maximum Gasteiger partial charge on any atom is 0.0233 e. The number of rotatable bonds is 6. The van der Waals surface area contributed by atoms with Crippen LogP contribution in [0.1, 0.15) is 17.5 Å². The third-order valence-corrected chi connectivity index (χ3v) is 3.93. The fourth-order valence-corrected chi connectivity index (χ4v) is 2.66. The molecule has 1 aliphatic rings. The van der Waals surface area contributed by atoms with Crippen molar-refractivity contribution in [3.8, 4) is 0 Å². The smallest absolute Gasteiger partial charge is 0.0233 e. The summed E-state index contributed by atoms with van der Waals surface area (Å²) in [6.07, 6.45) is 1.27. The van der Waals surface area contributed by atoms with Crippen LogP contribution in [0.5, 0.6) is 0 Å². The van der Waals surface area contributed by atoms with E-state index in [4.69, 9.17) is 0 Å². The molecule has 2 rings (SSSR count). The Bertz CT molecular complexity index is 372. The molecule has 1 saturated heterocycles. The molecular formula is C16H27N3. The first-order chi connectivity index (χ1) is 9.25. The summed E-state index contributed by atoms with van der Waals surface area (Å²) < 4.78 is 0. The van der Waals surface area contributed by atoms with Crippen molar-refractivity contribution in [3.63, 3.8) is 0 Å². The molecule has 0 unspecified atom stereocenters. The lowest BCUT2D eigenvalue weighted by atomic mass is 10.1. The van der Waals surface area contributed by atoms with Crippen LogP contribution in [0.25, 0.3) is 0 Å². The van der Waals surface area contributed by atoms with Crippen LogP contribution in [-0.2, 0) is 6.54 Å². The lowest BCUT2D eigenvalue weighted by molar-refractivity contribution is 0.220. The minimum absolute atomic E-state index is 1.06. The molecular weight excluding hydrogens is 234 g/mol. The minimum Gasteiger partial charge on any atom is -0.314 e. The van der Waals surface area contributed by atoms with Gasteiger partial charge < -0.3 is 15.1 Å². The fourth-order valence-electron chi connectivity index (χ4n) is 2.66. The monoisotopic (exact) mass is 261 g/mol. The van der Waals surface area contributed by atoms with E-state index in [0.717, 1.165) is 19.6 Å². The van der Waals surface area contributed by atoms with Crippen LogP contribution in [0.15, 0.2) is 24.3 Å². The van der Waals surface area contributed by atoms with Crippen LogP contribution in [0, 0.1) is 6.92 Å². The lowest BCUT2D eigenvalue weighted by Gasteiger charge is -2.28. The Morgan fingerprint density at radius 3 is 2.68 bits per heavy atom. The first kappa shape index (κ1) is 14.5. The molecule has 106 valence electrons. The van der Waals surface area contributed by atoms with Crippen molar-refractivity contribution < 1.29 is 0 Å². The zero-order valence-corrected chi connectivity index (χ0v) is 12.4. The molecule has 0 saturated carbocycles. The van der Waals surface area contributed by atoms with Crippen LogP contribution >= 0.6 is 0 Å². The van der Waals surface area contributed by atoms with E-state index in [1.165, 1.54) is 43.7 Å². The second-order valence-electron chi connectivity index (χ2n) is 5.61. The van der Waals surface area contributed by atoms with Crippen molar-refractivity contribution in [1.82, 2.24) is 15.1 Å². The van der Waals surface area contributed by atoms with E-state index < -0.39 is 0 Å². The van der Waals surface area contributed by atoms with Crippen LogP contribution < -0.4 is 5.32 Å². The van der Waals surface area contributed by atoms with Gasteiger partial charge in [0.1, 0.15) is 0 Å². The summed E-state index contributed by atoms with van der Waals surface area (Å²) >= 11 is 0. The summed E-state index contributed by atoms with van der Waals surface area (Å²) in [6, 6.07) is 8.69. The highest BCUT2D eigenvalue weighted by Gasteiger charge is 2.09. The molecule has 19 heavy (non-hydrogen) atoms. The first-order valence-corrected chi connectivity index (χ1v) is 7.42. The molecule has 1 heterocycles. The van der Waals surface area contributed by atoms with Gasteiger partial charge in [-0.3, -0.25) is 0 Å². The molecule has 1 aromatic rings. The average Bonchev–Trinajstić information content (AvgIpc) is 2.43. The number of hydrogen-bond donors (Lipinski definition) is 1. The van der Waals surface area contributed by atoms with Gasteiger partial charge in [-0.05, 0) is 44.6 Å². The molecule has 0 radical (unpaired) electrons. The number of piperazine rings is 1. The van der Waals surface area contributed by atoms with Gasteiger partial charge in [-0.25, -0.2) is 0 Å². The highest BCUT2D eigenvalue weighted by Crippen LogP contribution is 2.09. The van der Waals surface area contributed by atoms with Crippen molar-refractivity contribution >= 4 is 0 Å². The van der Waals surface area contributed by atoms with Gasteiger partial charge in [0.15, 0.2) is 0 Å². The normalized spacial score (nSPS) is 17.0. The Morgan fingerprint density at radius 2 is 1.95 bits per heavy atom. The second kappa shape index (κ2) is 7.63. The maximum atomic E-state index is 3.40. The van der Waals surface area contributed by atoms with Crippen LogP contribution in [0.3, 0.4) is 0 Å². The summed E-state index contributed by atoms with van der Waals surface area (Å²) in [5.74, 6) is 0. The molecule has 0 spiro atoms. The molecule has 1 N–H and O–H groups in total. The Kier molecular flexibility index (Phi) is 5.83. The summed E-state index contributed by atoms with van der Waals surface area (Å²) in [4.78, 5) is 5.00. The Balaban J connectivity index is 1.67. The van der Waals surface area contributed by atoms with E-state index in [2.05, 4.69) is 53.4 Å². The molecule has 3 heteroatoms. The second-order valence-corrected chi connectivity index (χ2v) is 5.61. The highest BCUT2D eigenvalue weighted by atomic mass is 15.2. The number of nitrogens with one attached hydrogen (secondary N) is 1. The maximum absolute atomic E-state index is 3.40. The SMILES string of the molecule is Cc1ccccc1CN(C)CCCN1CCNCC1. The van der Waals surface area contributed by atoms with E-state index in [9.17, 15) is 0 Å². The van der Waals surface area contributed by atoms with Gasteiger partial charge >= 0.3 is 0 Å². The number of aryl methyl sites for hydroxylation is 1. The molecule has 0 aliphatic carbocycles. The minimum atomic E-state index is 1.06. The zero-order chi connectivity index (χ0) is 13.5. The van der Waals surface area contributed by atoms with Crippen LogP contribution in [0.4, 0.5) is 0 Å². The topological polar surface area (TPSA) is 18.5 Å². The largest absolute Gasteiger partial charge is 0.314 e. The Labute approximate surface area is 117 Å². The molecule has 0 aromatic heterocycles. The fraction of sp³-hybridized carbons (Fsp3) is 0.625. The quantitative estimate of drug-likeness (QED) is 0.841. The van der Waals surface area contributed by atoms with Crippen molar-refractivity contribution in [2.75, 3.05) is 46.3 Å². The van der Waals surface area contributed by atoms with Crippen molar-refractivity contribution in [2.24, 2.45) is 0 Å². The van der Waals surface area contributed by atoms with Crippen molar-refractivity contribution in [3.05, 3.63) is 35.4 Å². The van der Waals surface area contributed by atoms with E-state index in [-0.39, 0.29) is 0 Å². The van der Waals surface area contributed by atoms with Gasteiger partial charge in [-0.1, -0.05) is 24.3 Å². The summed E-state index contributed by atoms with van der Waals surface area (Å²) in [6.45, 7) is 10.4. The van der Waals surface area contributed by atoms with Gasteiger partial charge in [0, 0.05) is 32.7 Å². The summed E-state index contributed by atoms with van der Waals surface area (Å²) in [5, 5.41) is 3.40. The Morgan fingerprint density at radius 1 is 1.21 bits per heavy atom. The molecule has 1 aliphatic heterocycles. The summed E-state index contributed by atoms with van der Waals surface area (Å²) in [5.41, 5.74) is 2.85. The third kappa shape index (κ3) is 4.94. The average molecular weight is 261 g/mol. The van der Waals surface area contributed by atoms with E-state index in [1.54, 1.807) is 0 Å². The predicted octanol–water partition coefficient (Wildman–Crippen LogP) is 1.72. The van der Waals surface area contributed by atoms with Gasteiger partial charge in [0.25, 0.3) is 0 Å². The molecule has 1 aromatic carbocycles. The Hall–Kier alpha value is -0.900. The molecule has 0 atom stereocenters. The zero-order valence-electron chi connectivity index (χ0n) is 12.4. The van der Waals surface area contributed by atoms with Gasteiger partial charge in [-0.2, -0.15) is 0 Å². The van der Waals surface area contributed by atoms with Crippen LogP contribution in [-0.4, -0.2) is 56.1 Å². The van der Waals surface area contributed by atoms with Crippen molar-refractivity contribution in [1.29, 1.82) is 0 Å². The van der Waals surface area contributed by atoms with Crippen molar-refractivity contribution in [2.45, 2.75) is 19.9 Å². The number of nitrogens with zero attached hydrogens (tertiary/aromatic N) is 2. The van der Waals surface area contributed by atoms with Gasteiger partial charge in [0.05, 0.1) is 0 Å². The van der Waals surface area contributed by atoms with Crippen LogP contribution in [0.2, 0.25) is 0 Å². The van der Waals surface area contributed by atoms with E-state index in [1.807, 2.05) is 0 Å². The molecule has 0 bridgehead atoms. The number of hydrogen-bond acceptors (Lipinski definition) is 3. The predicted molar refractivity (Wildman–Crippen MR) is 81.4 cm³/mol. The van der Waals surface area contributed by atoms with Gasteiger partial charge in [0.2, 0.25) is 0 Å². The lowest BCUT2D eigenvalue weighted by Crippen LogP contribution is -2.44. The molecule has 0 amide bonds. The molecule has 3 nitrogen and oxygen atoms in total. The summed E-state index contributed by atoms with van der Waals surface area (Å²) in [7, 11) is 2.23. The standard InChI is InChI=1S/C16H27N3/c1-15-6-3-4-7-16(15)14-18(2)10-5-11-19-12-8-17-9-13-19/h3-4,6-7,17H,5,8-14H2,1-2H3. The highest BCUT2D eigenvalue weighted by molar-refractivity contribution is 5.25. The van der Waals surface area contributed by atoms with E-state index in [0.29, 0.717) is 0 Å². The first-order valence-electron chi connectivity index (χ1n) is 7.42. The molecule has 1 fully saturated rings. The number of benzene rings is 1. The van der Waals surface area contributed by atoms with E-state index >= 15 is 0 Å². The third-order valence-electron chi connectivity index (χ3n) is 3.93. The van der Waals surface area contributed by atoms with Gasteiger partial charge in [-0.15, -0.1) is 0 Å².